The van der Waals surface area contributed by atoms with Gasteiger partial charge in [-0.1, -0.05) is 18.2 Å². The number of nitrogens with one attached hydrogen (secondary N) is 1. The summed E-state index contributed by atoms with van der Waals surface area (Å²) in [5, 5.41) is 1.29. The fourth-order valence-electron chi connectivity index (χ4n) is 4.78. The van der Waals surface area contributed by atoms with E-state index in [2.05, 4.69) is 47.4 Å². The molecule has 3 atom stereocenters. The Morgan fingerprint density at radius 3 is 2.63 bits per heavy atom. The number of aromatic amines is 1. The molecule has 4 nitrogen and oxygen atoms in total. The summed E-state index contributed by atoms with van der Waals surface area (Å²) < 4.78 is 11.0. The van der Waals surface area contributed by atoms with Gasteiger partial charge in [0.15, 0.2) is 11.5 Å². The van der Waals surface area contributed by atoms with E-state index in [1.807, 2.05) is 6.21 Å². The molecule has 0 spiro atoms. The lowest BCUT2D eigenvalue weighted by atomic mass is 9.72. The summed E-state index contributed by atoms with van der Waals surface area (Å²) in [5.74, 6) is 2.53. The number of benzene rings is 2. The molecule has 2 heterocycles. The number of nitrogens with zero attached hydrogens (tertiary/aromatic N) is 1. The highest BCUT2D eigenvalue weighted by Crippen LogP contribution is 2.47. The molecule has 138 valence electrons. The molecule has 0 amide bonds. The van der Waals surface area contributed by atoms with E-state index in [0.717, 1.165) is 29.9 Å². The van der Waals surface area contributed by atoms with E-state index in [4.69, 9.17) is 14.5 Å². The van der Waals surface area contributed by atoms with Gasteiger partial charge in [-0.15, -0.1) is 0 Å². The van der Waals surface area contributed by atoms with Crippen molar-refractivity contribution in [2.75, 3.05) is 14.2 Å². The largest absolute Gasteiger partial charge is 0.493 e. The molecule has 27 heavy (non-hydrogen) atoms. The monoisotopic (exact) mass is 360 g/mol. The van der Waals surface area contributed by atoms with Crippen LogP contribution in [0.15, 0.2) is 47.5 Å². The van der Waals surface area contributed by atoms with E-state index in [-0.39, 0.29) is 0 Å². The van der Waals surface area contributed by atoms with Gasteiger partial charge >= 0.3 is 0 Å². The number of methoxy groups -OCH3 is 2. The molecule has 2 aliphatic rings. The molecule has 0 saturated heterocycles. The number of para-hydroxylation sites is 1. The lowest BCUT2D eigenvalue weighted by molar-refractivity contribution is 0.335. The van der Waals surface area contributed by atoms with E-state index in [1.54, 1.807) is 14.2 Å². The van der Waals surface area contributed by atoms with Gasteiger partial charge in [-0.3, -0.25) is 4.99 Å². The first-order valence-corrected chi connectivity index (χ1v) is 9.63. The zero-order valence-electron chi connectivity index (χ0n) is 15.7. The van der Waals surface area contributed by atoms with Gasteiger partial charge in [0.1, 0.15) is 0 Å². The second kappa shape index (κ2) is 6.45. The Kier molecular flexibility index (Phi) is 3.92. The van der Waals surface area contributed by atoms with Crippen molar-refractivity contribution in [3.8, 4) is 11.5 Å². The van der Waals surface area contributed by atoms with E-state index in [9.17, 15) is 0 Å². The average Bonchev–Trinajstić information content (AvgIpc) is 3.16. The lowest BCUT2D eigenvalue weighted by Crippen LogP contribution is -2.29. The van der Waals surface area contributed by atoms with Crippen LogP contribution in [0.1, 0.15) is 47.9 Å². The van der Waals surface area contributed by atoms with Crippen molar-refractivity contribution in [3.05, 3.63) is 59.3 Å². The zero-order valence-corrected chi connectivity index (χ0v) is 15.7. The third kappa shape index (κ3) is 2.71. The summed E-state index contributed by atoms with van der Waals surface area (Å²) >= 11 is 0. The van der Waals surface area contributed by atoms with Crippen LogP contribution in [0, 0.1) is 0 Å². The maximum absolute atomic E-state index is 5.56. The van der Waals surface area contributed by atoms with Crippen molar-refractivity contribution < 1.29 is 9.47 Å². The fraction of sp³-hybridized carbons (Fsp3) is 0.348. The number of fused-ring (bicyclic) bond motifs is 4. The first kappa shape index (κ1) is 16.4. The molecule has 1 N–H and O–H groups in total. The Morgan fingerprint density at radius 1 is 1.00 bits per heavy atom. The molecule has 5 rings (SSSR count). The van der Waals surface area contributed by atoms with Crippen LogP contribution in [0.4, 0.5) is 0 Å². The molecule has 3 aromatic rings. The number of aromatic nitrogens is 1. The Morgan fingerprint density at radius 2 is 1.81 bits per heavy atom. The predicted molar refractivity (Wildman–Crippen MR) is 109 cm³/mol. The second-order valence-corrected chi connectivity index (χ2v) is 7.61. The Bertz CT molecular complexity index is 987. The molecular weight excluding hydrogens is 336 g/mol. The van der Waals surface area contributed by atoms with Gasteiger partial charge in [-0.05, 0) is 66.0 Å². The Labute approximate surface area is 159 Å². The second-order valence-electron chi connectivity index (χ2n) is 7.61. The van der Waals surface area contributed by atoms with Gasteiger partial charge in [0.25, 0.3) is 0 Å². The summed E-state index contributed by atoms with van der Waals surface area (Å²) in [6, 6.07) is 15.4. The van der Waals surface area contributed by atoms with Crippen molar-refractivity contribution >= 4 is 17.1 Å². The predicted octanol–water partition coefficient (Wildman–Crippen LogP) is 5.04. The Balaban J connectivity index is 1.50. The number of ether oxygens (including phenoxy) is 2. The molecule has 2 aromatic carbocycles. The summed E-state index contributed by atoms with van der Waals surface area (Å²) in [4.78, 5) is 8.51. The third-order valence-corrected chi connectivity index (χ3v) is 6.20. The molecule has 1 aromatic heterocycles. The van der Waals surface area contributed by atoms with Crippen molar-refractivity contribution in [1.29, 1.82) is 0 Å². The topological polar surface area (TPSA) is 46.6 Å². The molecule has 1 saturated carbocycles. The van der Waals surface area contributed by atoms with Crippen LogP contribution in [0.5, 0.6) is 11.5 Å². The van der Waals surface area contributed by atoms with Crippen LogP contribution < -0.4 is 9.47 Å². The number of H-pyrrole nitrogens is 1. The van der Waals surface area contributed by atoms with Crippen LogP contribution in [-0.2, 0) is 0 Å². The minimum absolute atomic E-state index is 0.372. The number of rotatable bonds is 3. The zero-order chi connectivity index (χ0) is 18.4. The minimum Gasteiger partial charge on any atom is -0.493 e. The maximum Gasteiger partial charge on any atom is 0.161 e. The number of aliphatic imine (C=N–C) groups is 1. The van der Waals surface area contributed by atoms with Crippen molar-refractivity contribution in [1.82, 2.24) is 4.98 Å². The van der Waals surface area contributed by atoms with Crippen molar-refractivity contribution in [2.24, 2.45) is 4.99 Å². The molecule has 4 heteroatoms. The van der Waals surface area contributed by atoms with E-state index < -0.39 is 0 Å². The van der Waals surface area contributed by atoms with Crippen LogP contribution >= 0.6 is 0 Å². The third-order valence-electron chi connectivity index (χ3n) is 6.20. The van der Waals surface area contributed by atoms with Crippen LogP contribution in [0.25, 0.3) is 10.9 Å². The van der Waals surface area contributed by atoms with Gasteiger partial charge in [0, 0.05) is 23.3 Å². The van der Waals surface area contributed by atoms with Gasteiger partial charge in [-0.25, -0.2) is 0 Å². The first-order valence-electron chi connectivity index (χ1n) is 9.63. The number of hydrogen-bond donors (Lipinski definition) is 1. The van der Waals surface area contributed by atoms with Gasteiger partial charge in [0.2, 0.25) is 0 Å². The first-order chi connectivity index (χ1) is 13.3. The quantitative estimate of drug-likeness (QED) is 0.711. The van der Waals surface area contributed by atoms with Crippen molar-refractivity contribution in [2.45, 2.75) is 37.1 Å². The Hall–Kier alpha value is -2.75. The molecule has 1 fully saturated rings. The normalized spacial score (nSPS) is 23.7. The van der Waals surface area contributed by atoms with Crippen LogP contribution in [0.3, 0.4) is 0 Å². The maximum atomic E-state index is 5.56. The molecule has 0 radical (unpaired) electrons. The van der Waals surface area contributed by atoms with E-state index in [1.165, 1.54) is 28.6 Å². The highest BCUT2D eigenvalue weighted by atomic mass is 16.5. The highest BCUT2D eigenvalue weighted by molar-refractivity contribution is 5.85. The fourth-order valence-corrected chi connectivity index (χ4v) is 4.78. The lowest BCUT2D eigenvalue weighted by Gasteiger charge is -2.37. The highest BCUT2D eigenvalue weighted by Gasteiger charge is 2.36. The molecule has 1 aliphatic heterocycles. The van der Waals surface area contributed by atoms with Crippen LogP contribution in [-0.4, -0.2) is 31.5 Å². The van der Waals surface area contributed by atoms with Crippen molar-refractivity contribution in [3.63, 3.8) is 0 Å². The summed E-state index contributed by atoms with van der Waals surface area (Å²) in [6.45, 7) is 0. The molecule has 0 bridgehead atoms. The number of hydrogen-bond acceptors (Lipinski definition) is 3. The van der Waals surface area contributed by atoms with Crippen LogP contribution in [0.2, 0.25) is 0 Å². The smallest absolute Gasteiger partial charge is 0.161 e. The SMILES string of the molecule is COc1cc2c(cc1OC)C1CC(c3cc4ccccc4[nH]3)CCC1N=C2. The van der Waals surface area contributed by atoms with E-state index >= 15 is 0 Å². The molecular formula is C23H24N2O2. The average molecular weight is 360 g/mol. The minimum atomic E-state index is 0.372. The summed E-state index contributed by atoms with van der Waals surface area (Å²) in [5.41, 5.74) is 5.08. The van der Waals surface area contributed by atoms with Gasteiger partial charge < -0.3 is 14.5 Å². The standard InChI is InChI=1S/C23H24N2O2/c1-26-22-11-16-13-24-20-8-7-15(9-18(20)17(16)12-23(22)27-2)21-10-14-5-3-4-6-19(14)25-21/h3-6,10-13,15,18,20,25H,7-9H2,1-2H3. The molecule has 3 unspecified atom stereocenters. The summed E-state index contributed by atoms with van der Waals surface area (Å²) in [7, 11) is 3.38. The van der Waals surface area contributed by atoms with E-state index in [0.29, 0.717) is 17.9 Å². The van der Waals surface area contributed by atoms with Gasteiger partial charge in [-0.2, -0.15) is 0 Å². The molecule has 1 aliphatic carbocycles. The summed E-state index contributed by atoms with van der Waals surface area (Å²) in [6.07, 6.45) is 5.42. The van der Waals surface area contributed by atoms with Gasteiger partial charge in [0.05, 0.1) is 20.3 Å².